The first-order valence-electron chi connectivity index (χ1n) is 6.13. The van der Waals surface area contributed by atoms with Crippen LogP contribution in [-0.2, 0) is 4.79 Å². The van der Waals surface area contributed by atoms with Gasteiger partial charge in [-0.05, 0) is 31.2 Å². The third-order valence-corrected chi connectivity index (χ3v) is 3.45. The van der Waals surface area contributed by atoms with Crippen LogP contribution in [0, 0.1) is 0 Å². The van der Waals surface area contributed by atoms with Crippen molar-refractivity contribution in [2.45, 2.75) is 12.1 Å². The first kappa shape index (κ1) is 15.0. The van der Waals surface area contributed by atoms with Crippen molar-refractivity contribution < 1.29 is 9.59 Å². The topological polar surface area (TPSA) is 91.9 Å². The number of Topliss-reactive ketones (excluding diaryl/α,β-unsaturated/α-hetero) is 1. The van der Waals surface area contributed by atoms with Gasteiger partial charge in [-0.2, -0.15) is 0 Å². The number of hydrogen-bond acceptors (Lipinski definition) is 5. The first-order chi connectivity index (χ1) is 10.0. The van der Waals surface area contributed by atoms with E-state index in [1.54, 1.807) is 24.3 Å². The Balaban J connectivity index is 1.89. The van der Waals surface area contributed by atoms with Gasteiger partial charge < -0.3 is 10.3 Å². The van der Waals surface area contributed by atoms with Crippen molar-refractivity contribution in [3.05, 3.63) is 52.4 Å². The van der Waals surface area contributed by atoms with E-state index in [0.29, 0.717) is 16.4 Å². The van der Waals surface area contributed by atoms with E-state index in [9.17, 15) is 14.4 Å². The lowest BCUT2D eigenvalue weighted by atomic mass is 10.1. The normalized spacial score (nSPS) is 10.1. The molecular formula is C14H13N3O3S. The van der Waals surface area contributed by atoms with Crippen molar-refractivity contribution in [2.75, 3.05) is 11.1 Å². The molecule has 2 N–H and O–H groups in total. The van der Waals surface area contributed by atoms with Gasteiger partial charge in [0.15, 0.2) is 10.9 Å². The number of amides is 1. The number of aromatic amines is 1. The number of thioether (sulfide) groups is 1. The zero-order valence-corrected chi connectivity index (χ0v) is 12.1. The van der Waals surface area contributed by atoms with Gasteiger partial charge in [-0.25, -0.2) is 4.98 Å². The van der Waals surface area contributed by atoms with Crippen molar-refractivity contribution >= 4 is 29.1 Å². The Morgan fingerprint density at radius 1 is 1.24 bits per heavy atom. The van der Waals surface area contributed by atoms with Crippen LogP contribution in [-0.4, -0.2) is 27.4 Å². The molecule has 1 heterocycles. The smallest absolute Gasteiger partial charge is 0.251 e. The molecule has 0 saturated heterocycles. The fourth-order valence-electron chi connectivity index (χ4n) is 1.54. The number of carbonyl (C=O) groups excluding carboxylic acids is 2. The van der Waals surface area contributed by atoms with Gasteiger partial charge in [0.05, 0.1) is 5.75 Å². The second-order valence-electron chi connectivity index (χ2n) is 4.21. The zero-order chi connectivity index (χ0) is 15.2. The van der Waals surface area contributed by atoms with Crippen molar-refractivity contribution in [1.82, 2.24) is 9.97 Å². The number of aromatic nitrogens is 2. The van der Waals surface area contributed by atoms with E-state index in [4.69, 9.17) is 0 Å². The molecule has 1 amide bonds. The number of ketones is 1. The van der Waals surface area contributed by atoms with Crippen molar-refractivity contribution in [2.24, 2.45) is 0 Å². The van der Waals surface area contributed by atoms with E-state index in [-0.39, 0.29) is 23.0 Å². The lowest BCUT2D eigenvalue weighted by Crippen LogP contribution is -2.15. The standard InChI is InChI=1S/C14H13N3O3S/c1-9(18)10-2-4-11(5-3-10)16-13(20)8-21-14-15-7-6-12(19)17-14/h2-7H,8H2,1H3,(H,16,20)(H,15,17,19). The van der Waals surface area contributed by atoms with Crippen LogP contribution in [0.25, 0.3) is 0 Å². The lowest BCUT2D eigenvalue weighted by molar-refractivity contribution is -0.113. The number of nitrogens with zero attached hydrogens (tertiary/aromatic N) is 1. The Morgan fingerprint density at radius 2 is 1.95 bits per heavy atom. The number of rotatable bonds is 5. The van der Waals surface area contributed by atoms with Gasteiger partial charge in [0.1, 0.15) is 0 Å². The van der Waals surface area contributed by atoms with Crippen LogP contribution in [0.5, 0.6) is 0 Å². The zero-order valence-electron chi connectivity index (χ0n) is 11.3. The van der Waals surface area contributed by atoms with E-state index in [0.717, 1.165) is 11.8 Å². The molecule has 1 aromatic heterocycles. The molecule has 108 valence electrons. The maximum atomic E-state index is 11.8. The summed E-state index contributed by atoms with van der Waals surface area (Å²) in [6.45, 7) is 1.48. The molecule has 0 atom stereocenters. The third-order valence-electron chi connectivity index (χ3n) is 2.56. The summed E-state index contributed by atoms with van der Waals surface area (Å²) in [6, 6.07) is 7.95. The second kappa shape index (κ2) is 6.85. The minimum atomic E-state index is -0.257. The summed E-state index contributed by atoms with van der Waals surface area (Å²) in [5, 5.41) is 3.10. The predicted octanol–water partition coefficient (Wildman–Crippen LogP) is 1.70. The molecule has 0 aliphatic rings. The van der Waals surface area contributed by atoms with Crippen molar-refractivity contribution in [3.63, 3.8) is 0 Å². The van der Waals surface area contributed by atoms with Gasteiger partial charge in [0.25, 0.3) is 5.56 Å². The number of nitrogens with one attached hydrogen (secondary N) is 2. The number of benzene rings is 1. The Hall–Kier alpha value is -2.41. The predicted molar refractivity (Wildman–Crippen MR) is 80.7 cm³/mol. The molecule has 0 aliphatic carbocycles. The number of hydrogen-bond donors (Lipinski definition) is 2. The molecule has 0 saturated carbocycles. The molecule has 0 bridgehead atoms. The van der Waals surface area contributed by atoms with Crippen LogP contribution in [0.1, 0.15) is 17.3 Å². The van der Waals surface area contributed by atoms with Gasteiger partial charge in [-0.1, -0.05) is 11.8 Å². The quantitative estimate of drug-likeness (QED) is 0.498. The largest absolute Gasteiger partial charge is 0.325 e. The number of anilines is 1. The summed E-state index contributed by atoms with van der Waals surface area (Å²) in [4.78, 5) is 40.5. The van der Waals surface area contributed by atoms with Gasteiger partial charge in [-0.15, -0.1) is 0 Å². The summed E-state index contributed by atoms with van der Waals surface area (Å²) >= 11 is 1.14. The van der Waals surface area contributed by atoms with E-state index < -0.39 is 0 Å². The maximum Gasteiger partial charge on any atom is 0.251 e. The van der Waals surface area contributed by atoms with Crippen LogP contribution in [0.2, 0.25) is 0 Å². The third kappa shape index (κ3) is 4.57. The molecule has 0 unspecified atom stereocenters. The van der Waals surface area contributed by atoms with E-state index in [2.05, 4.69) is 15.3 Å². The molecule has 7 heteroatoms. The Bertz CT molecular complexity index is 710. The highest BCUT2D eigenvalue weighted by atomic mass is 32.2. The fourth-order valence-corrected chi connectivity index (χ4v) is 2.19. The molecule has 0 aliphatic heterocycles. The minimum absolute atomic E-state index is 0.0254. The van der Waals surface area contributed by atoms with Gasteiger partial charge in [-0.3, -0.25) is 14.4 Å². The first-order valence-corrected chi connectivity index (χ1v) is 7.12. The Labute approximate surface area is 125 Å². The minimum Gasteiger partial charge on any atom is -0.325 e. The monoisotopic (exact) mass is 303 g/mol. The summed E-state index contributed by atoms with van der Waals surface area (Å²) in [7, 11) is 0. The fraction of sp³-hybridized carbons (Fsp3) is 0.143. The molecule has 6 nitrogen and oxygen atoms in total. The average Bonchev–Trinajstić information content (AvgIpc) is 2.46. The molecular weight excluding hydrogens is 290 g/mol. The SMILES string of the molecule is CC(=O)c1ccc(NC(=O)CSc2nccc(=O)[nH]2)cc1. The van der Waals surface area contributed by atoms with Gasteiger partial charge in [0, 0.05) is 23.5 Å². The highest BCUT2D eigenvalue weighted by molar-refractivity contribution is 7.99. The molecule has 2 rings (SSSR count). The van der Waals surface area contributed by atoms with E-state index >= 15 is 0 Å². The lowest BCUT2D eigenvalue weighted by Gasteiger charge is -2.05. The van der Waals surface area contributed by atoms with Crippen LogP contribution >= 0.6 is 11.8 Å². The summed E-state index contributed by atoms with van der Waals surface area (Å²) in [6.07, 6.45) is 1.39. The molecule has 0 spiro atoms. The van der Waals surface area contributed by atoms with Crippen LogP contribution in [0.3, 0.4) is 0 Å². The van der Waals surface area contributed by atoms with Crippen molar-refractivity contribution in [1.29, 1.82) is 0 Å². The van der Waals surface area contributed by atoms with Gasteiger partial charge in [0.2, 0.25) is 5.91 Å². The van der Waals surface area contributed by atoms with Crippen LogP contribution in [0.4, 0.5) is 5.69 Å². The van der Waals surface area contributed by atoms with Crippen LogP contribution < -0.4 is 10.9 Å². The summed E-state index contributed by atoms with van der Waals surface area (Å²) in [5.41, 5.74) is 0.946. The van der Waals surface area contributed by atoms with Gasteiger partial charge >= 0.3 is 0 Å². The van der Waals surface area contributed by atoms with Crippen molar-refractivity contribution in [3.8, 4) is 0 Å². The van der Waals surface area contributed by atoms with E-state index in [1.807, 2.05) is 0 Å². The Morgan fingerprint density at radius 3 is 2.57 bits per heavy atom. The highest BCUT2D eigenvalue weighted by Gasteiger charge is 2.06. The number of H-pyrrole nitrogens is 1. The molecule has 2 aromatic rings. The second-order valence-corrected chi connectivity index (χ2v) is 5.17. The molecule has 21 heavy (non-hydrogen) atoms. The maximum absolute atomic E-state index is 11.8. The number of carbonyl (C=O) groups is 2. The molecule has 1 aromatic carbocycles. The average molecular weight is 303 g/mol. The molecule has 0 radical (unpaired) electrons. The highest BCUT2D eigenvalue weighted by Crippen LogP contribution is 2.13. The van der Waals surface area contributed by atoms with Crippen LogP contribution in [0.15, 0.2) is 46.5 Å². The Kier molecular flexibility index (Phi) is 4.89. The summed E-state index contributed by atoms with van der Waals surface area (Å²) < 4.78 is 0. The summed E-state index contributed by atoms with van der Waals surface area (Å²) in [5.74, 6) is -0.119. The van der Waals surface area contributed by atoms with E-state index in [1.165, 1.54) is 19.2 Å². The molecule has 0 fully saturated rings.